The smallest absolute Gasteiger partial charge is 0.164 e. The third kappa shape index (κ3) is 4.40. The van der Waals surface area contributed by atoms with E-state index in [-0.39, 0.29) is 5.41 Å². The average Bonchev–Trinajstić information content (AvgIpc) is 3.82. The summed E-state index contributed by atoms with van der Waals surface area (Å²) >= 11 is 0. The molecule has 0 spiro atoms. The van der Waals surface area contributed by atoms with Gasteiger partial charge in [-0.15, -0.1) is 0 Å². The highest BCUT2D eigenvalue weighted by Crippen LogP contribution is 2.49. The highest BCUT2D eigenvalue weighted by Gasteiger charge is 2.35. The van der Waals surface area contributed by atoms with Gasteiger partial charge in [0.15, 0.2) is 17.5 Å². The third-order valence-corrected chi connectivity index (χ3v) is 11.1. The van der Waals surface area contributed by atoms with E-state index in [9.17, 15) is 0 Å². The van der Waals surface area contributed by atoms with Crippen molar-refractivity contribution in [2.24, 2.45) is 0 Å². The van der Waals surface area contributed by atoms with E-state index in [2.05, 4.69) is 146 Å². The van der Waals surface area contributed by atoms with Gasteiger partial charge in [-0.3, -0.25) is 0 Å². The molecule has 0 fully saturated rings. The van der Waals surface area contributed by atoms with E-state index >= 15 is 0 Å². The van der Waals surface area contributed by atoms with Crippen molar-refractivity contribution in [3.63, 3.8) is 0 Å². The molecule has 3 aromatic heterocycles. The number of furan rings is 1. The van der Waals surface area contributed by atoms with Gasteiger partial charge in [0.05, 0.1) is 11.0 Å². The summed E-state index contributed by atoms with van der Waals surface area (Å²) in [7, 11) is 0. The Bertz CT molecular complexity index is 3080. The molecule has 0 amide bonds. The van der Waals surface area contributed by atoms with Crippen LogP contribution in [-0.2, 0) is 5.41 Å². The summed E-state index contributed by atoms with van der Waals surface area (Å²) in [4.78, 5) is 15.5. The first-order chi connectivity index (χ1) is 26.0. The molecule has 0 radical (unpaired) electrons. The minimum Gasteiger partial charge on any atom is -0.456 e. The predicted molar refractivity (Wildman–Crippen MR) is 215 cm³/mol. The normalized spacial score (nSPS) is 13.2. The maximum Gasteiger partial charge on any atom is 0.164 e. The fourth-order valence-electron chi connectivity index (χ4n) is 8.51. The van der Waals surface area contributed by atoms with E-state index in [0.717, 1.165) is 60.7 Å². The maximum absolute atomic E-state index is 6.66. The Morgan fingerprint density at radius 3 is 1.98 bits per heavy atom. The second-order valence-corrected chi connectivity index (χ2v) is 14.4. The van der Waals surface area contributed by atoms with Gasteiger partial charge < -0.3 is 8.98 Å². The Balaban J connectivity index is 1.15. The topological polar surface area (TPSA) is 56.7 Å². The maximum atomic E-state index is 6.66. The molecule has 7 aromatic carbocycles. The van der Waals surface area contributed by atoms with Gasteiger partial charge in [0.2, 0.25) is 0 Å². The van der Waals surface area contributed by atoms with Gasteiger partial charge in [-0.05, 0) is 58.7 Å². The SMILES string of the molecule is CC1(C)c2ccccc2-c2ccc(-c3nc(-c4ccccc4)nc(-c4cccc5oc6cc7c(cc6c45)c4ccccc4n7-c4ccccc4)n3)cc21. The summed E-state index contributed by atoms with van der Waals surface area (Å²) in [6, 6.07) is 55.3. The molecular weight excluding hydrogens is 649 g/mol. The molecule has 5 heteroatoms. The van der Waals surface area contributed by atoms with Crippen LogP contribution < -0.4 is 0 Å². The quantitative estimate of drug-likeness (QED) is 0.186. The molecule has 0 saturated heterocycles. The molecule has 11 rings (SSSR count). The highest BCUT2D eigenvalue weighted by molar-refractivity contribution is 6.19. The fraction of sp³-hybridized carbons (Fsp3) is 0.0625. The molecule has 0 saturated carbocycles. The Kier molecular flexibility index (Phi) is 6.23. The minimum atomic E-state index is -0.143. The fourth-order valence-corrected chi connectivity index (χ4v) is 8.51. The summed E-state index contributed by atoms with van der Waals surface area (Å²) < 4.78 is 8.98. The Hall–Kier alpha value is -6.85. The van der Waals surface area contributed by atoms with E-state index < -0.39 is 0 Å². The lowest BCUT2D eigenvalue weighted by atomic mass is 9.82. The van der Waals surface area contributed by atoms with Crippen molar-refractivity contribution in [3.8, 4) is 51.0 Å². The molecule has 0 aliphatic heterocycles. The molecule has 0 N–H and O–H groups in total. The first-order valence-corrected chi connectivity index (χ1v) is 18.0. The van der Waals surface area contributed by atoms with Crippen LogP contribution in [0.1, 0.15) is 25.0 Å². The summed E-state index contributed by atoms with van der Waals surface area (Å²) in [6.45, 7) is 4.60. The molecule has 250 valence electrons. The number of hydrogen-bond donors (Lipinski definition) is 0. The van der Waals surface area contributed by atoms with Crippen molar-refractivity contribution in [3.05, 3.63) is 169 Å². The van der Waals surface area contributed by atoms with Crippen molar-refractivity contribution >= 4 is 43.7 Å². The number of fused-ring (bicyclic) bond motifs is 9. The molecule has 53 heavy (non-hydrogen) atoms. The van der Waals surface area contributed by atoms with E-state index in [1.807, 2.05) is 30.3 Å². The number of para-hydroxylation sites is 2. The lowest BCUT2D eigenvalue weighted by Gasteiger charge is -2.21. The summed E-state index contributed by atoms with van der Waals surface area (Å²) in [5.74, 6) is 1.88. The molecule has 1 aliphatic carbocycles. The summed E-state index contributed by atoms with van der Waals surface area (Å²) in [5, 5.41) is 4.37. The lowest BCUT2D eigenvalue weighted by molar-refractivity contribution is 0.660. The van der Waals surface area contributed by atoms with Gasteiger partial charge in [-0.1, -0.05) is 129 Å². The summed E-state index contributed by atoms with van der Waals surface area (Å²) in [6.07, 6.45) is 0. The van der Waals surface area contributed by atoms with Crippen LogP contribution in [0.5, 0.6) is 0 Å². The molecule has 0 bridgehead atoms. The van der Waals surface area contributed by atoms with Crippen molar-refractivity contribution in [2.75, 3.05) is 0 Å². The van der Waals surface area contributed by atoms with Crippen molar-refractivity contribution in [2.45, 2.75) is 19.3 Å². The van der Waals surface area contributed by atoms with E-state index in [1.165, 1.54) is 27.6 Å². The van der Waals surface area contributed by atoms with Crippen LogP contribution in [0.25, 0.3) is 94.7 Å². The molecular formula is C48H32N4O. The predicted octanol–water partition coefficient (Wildman–Crippen LogP) is 12.2. The van der Waals surface area contributed by atoms with Crippen molar-refractivity contribution in [1.82, 2.24) is 19.5 Å². The van der Waals surface area contributed by atoms with Crippen LogP contribution in [0, 0.1) is 0 Å². The minimum absolute atomic E-state index is 0.143. The van der Waals surface area contributed by atoms with E-state index in [4.69, 9.17) is 19.4 Å². The average molecular weight is 681 g/mol. The standard InChI is InChI=1S/C48H32N4O/c1-48(2)38-21-11-9-18-32(38)33-25-24-30(26-39(33)48)46-49-45(29-14-5-3-6-15-29)50-47(51-46)35-20-13-23-42-44(35)37-27-36-34-19-10-12-22-40(34)52(31-16-7-4-8-17-31)41(36)28-43(37)53-42/h3-28H,1-2H3. The molecule has 10 aromatic rings. The van der Waals surface area contributed by atoms with Gasteiger partial charge in [-0.25, -0.2) is 15.0 Å². The third-order valence-electron chi connectivity index (χ3n) is 11.1. The largest absolute Gasteiger partial charge is 0.456 e. The van der Waals surface area contributed by atoms with Crippen LogP contribution in [-0.4, -0.2) is 19.5 Å². The molecule has 3 heterocycles. The number of aromatic nitrogens is 4. The zero-order valence-corrected chi connectivity index (χ0v) is 29.2. The van der Waals surface area contributed by atoms with Crippen LogP contribution >= 0.6 is 0 Å². The van der Waals surface area contributed by atoms with Crippen molar-refractivity contribution in [1.29, 1.82) is 0 Å². The molecule has 1 aliphatic rings. The van der Waals surface area contributed by atoms with Gasteiger partial charge in [-0.2, -0.15) is 0 Å². The lowest BCUT2D eigenvalue weighted by Crippen LogP contribution is -2.15. The molecule has 0 unspecified atom stereocenters. The Morgan fingerprint density at radius 1 is 0.453 bits per heavy atom. The molecule has 0 atom stereocenters. The number of hydrogen-bond acceptors (Lipinski definition) is 4. The second kappa shape index (κ2) is 11.1. The van der Waals surface area contributed by atoms with Crippen LogP contribution in [0.4, 0.5) is 0 Å². The van der Waals surface area contributed by atoms with Gasteiger partial charge >= 0.3 is 0 Å². The van der Waals surface area contributed by atoms with Crippen LogP contribution in [0.2, 0.25) is 0 Å². The molecule has 5 nitrogen and oxygen atoms in total. The number of rotatable bonds is 4. The zero-order chi connectivity index (χ0) is 35.3. The number of nitrogens with zero attached hydrogens (tertiary/aromatic N) is 4. The monoisotopic (exact) mass is 680 g/mol. The summed E-state index contributed by atoms with van der Waals surface area (Å²) in [5.41, 5.74) is 12.8. The van der Waals surface area contributed by atoms with Gasteiger partial charge in [0.1, 0.15) is 11.2 Å². The Morgan fingerprint density at radius 2 is 1.13 bits per heavy atom. The Labute approximate surface area is 305 Å². The first-order valence-electron chi connectivity index (χ1n) is 18.0. The van der Waals surface area contributed by atoms with Crippen LogP contribution in [0.3, 0.4) is 0 Å². The van der Waals surface area contributed by atoms with E-state index in [1.54, 1.807) is 0 Å². The second-order valence-electron chi connectivity index (χ2n) is 14.4. The van der Waals surface area contributed by atoms with Crippen LogP contribution in [0.15, 0.2) is 162 Å². The van der Waals surface area contributed by atoms with E-state index in [0.29, 0.717) is 17.5 Å². The highest BCUT2D eigenvalue weighted by atomic mass is 16.3. The number of benzene rings is 7. The zero-order valence-electron chi connectivity index (χ0n) is 29.2. The van der Waals surface area contributed by atoms with Gasteiger partial charge in [0.25, 0.3) is 0 Å². The van der Waals surface area contributed by atoms with Gasteiger partial charge in [0, 0.05) is 55.4 Å². The van der Waals surface area contributed by atoms with Crippen molar-refractivity contribution < 1.29 is 4.42 Å². The first kappa shape index (κ1) is 29.8.